The van der Waals surface area contributed by atoms with Gasteiger partial charge in [-0.15, -0.1) is 0 Å². The van der Waals surface area contributed by atoms with Crippen molar-refractivity contribution in [3.8, 4) is 0 Å². The lowest BCUT2D eigenvalue weighted by Crippen LogP contribution is -2.20. The summed E-state index contributed by atoms with van der Waals surface area (Å²) in [5.74, 6) is 3.44. The van der Waals surface area contributed by atoms with Gasteiger partial charge in [0.05, 0.1) is 6.20 Å². The molecule has 0 atom stereocenters. The van der Waals surface area contributed by atoms with Crippen LogP contribution in [-0.2, 0) is 0 Å². The molecule has 6 heteroatoms. The SMILES string of the molecule is CCNc1ncc(F)c(NCC2CCSCC2)n1. The molecule has 0 unspecified atom stereocenters. The maximum absolute atomic E-state index is 13.5. The van der Waals surface area contributed by atoms with Gasteiger partial charge in [-0.1, -0.05) is 0 Å². The largest absolute Gasteiger partial charge is 0.367 e. The molecule has 1 aromatic heterocycles. The molecule has 0 aromatic carbocycles. The minimum absolute atomic E-state index is 0.305. The zero-order valence-corrected chi connectivity index (χ0v) is 11.4. The topological polar surface area (TPSA) is 49.8 Å². The summed E-state index contributed by atoms with van der Waals surface area (Å²) < 4.78 is 13.5. The number of aromatic nitrogens is 2. The molecule has 18 heavy (non-hydrogen) atoms. The molecule has 0 spiro atoms. The highest BCUT2D eigenvalue weighted by molar-refractivity contribution is 7.99. The Labute approximate surface area is 111 Å². The van der Waals surface area contributed by atoms with Gasteiger partial charge in [-0.05, 0) is 37.2 Å². The highest BCUT2D eigenvalue weighted by Crippen LogP contribution is 2.23. The number of nitrogens with zero attached hydrogens (tertiary/aromatic N) is 2. The number of halogens is 1. The fourth-order valence-electron chi connectivity index (χ4n) is 1.93. The smallest absolute Gasteiger partial charge is 0.224 e. The molecule has 0 saturated carbocycles. The van der Waals surface area contributed by atoms with Crippen LogP contribution in [0.3, 0.4) is 0 Å². The van der Waals surface area contributed by atoms with Gasteiger partial charge >= 0.3 is 0 Å². The van der Waals surface area contributed by atoms with Crippen molar-refractivity contribution < 1.29 is 4.39 Å². The van der Waals surface area contributed by atoms with Gasteiger partial charge in [-0.25, -0.2) is 9.37 Å². The van der Waals surface area contributed by atoms with E-state index in [2.05, 4.69) is 20.6 Å². The van der Waals surface area contributed by atoms with E-state index in [1.165, 1.54) is 30.5 Å². The van der Waals surface area contributed by atoms with E-state index in [0.717, 1.165) is 13.1 Å². The first kappa shape index (κ1) is 13.4. The number of thioether (sulfide) groups is 1. The summed E-state index contributed by atoms with van der Waals surface area (Å²) >= 11 is 2.00. The molecule has 0 amide bonds. The summed E-state index contributed by atoms with van der Waals surface area (Å²) in [5.41, 5.74) is 0. The summed E-state index contributed by atoms with van der Waals surface area (Å²) in [6, 6.07) is 0. The quantitative estimate of drug-likeness (QED) is 0.861. The highest BCUT2D eigenvalue weighted by Gasteiger charge is 2.14. The molecule has 4 nitrogen and oxygen atoms in total. The molecule has 0 aliphatic carbocycles. The van der Waals surface area contributed by atoms with Crippen LogP contribution in [0.15, 0.2) is 6.20 Å². The Balaban J connectivity index is 1.92. The zero-order chi connectivity index (χ0) is 12.8. The predicted molar refractivity (Wildman–Crippen MR) is 74.7 cm³/mol. The summed E-state index contributed by atoms with van der Waals surface area (Å²) in [6.45, 7) is 3.48. The first-order valence-electron chi connectivity index (χ1n) is 6.37. The van der Waals surface area contributed by atoms with Crippen molar-refractivity contribution in [2.45, 2.75) is 19.8 Å². The monoisotopic (exact) mass is 270 g/mol. The Bertz CT molecular complexity index is 382. The number of hydrogen-bond acceptors (Lipinski definition) is 5. The van der Waals surface area contributed by atoms with Gasteiger partial charge < -0.3 is 10.6 Å². The summed E-state index contributed by atoms with van der Waals surface area (Å²) in [4.78, 5) is 8.02. The minimum Gasteiger partial charge on any atom is -0.367 e. The second kappa shape index (κ2) is 6.78. The van der Waals surface area contributed by atoms with Gasteiger partial charge in [0.25, 0.3) is 0 Å². The van der Waals surface area contributed by atoms with E-state index in [1.54, 1.807) is 0 Å². The van der Waals surface area contributed by atoms with E-state index < -0.39 is 0 Å². The number of rotatable bonds is 5. The third-order valence-corrected chi connectivity index (χ3v) is 4.03. The normalized spacial score (nSPS) is 16.6. The lowest BCUT2D eigenvalue weighted by molar-refractivity contribution is 0.512. The van der Waals surface area contributed by atoms with Crippen molar-refractivity contribution in [1.82, 2.24) is 9.97 Å². The van der Waals surface area contributed by atoms with Crippen LogP contribution in [0.1, 0.15) is 19.8 Å². The van der Waals surface area contributed by atoms with Crippen molar-refractivity contribution in [2.24, 2.45) is 5.92 Å². The van der Waals surface area contributed by atoms with Gasteiger partial charge in [0.1, 0.15) is 0 Å². The Kier molecular flexibility index (Phi) is 5.04. The fourth-order valence-corrected chi connectivity index (χ4v) is 3.13. The average Bonchev–Trinajstić information content (AvgIpc) is 2.41. The third kappa shape index (κ3) is 3.73. The molecule has 1 aromatic rings. The Morgan fingerprint density at radius 1 is 1.39 bits per heavy atom. The molecule has 2 heterocycles. The molecule has 100 valence electrons. The van der Waals surface area contributed by atoms with Crippen LogP contribution in [0.4, 0.5) is 16.2 Å². The van der Waals surface area contributed by atoms with Crippen LogP contribution in [0, 0.1) is 11.7 Å². The van der Waals surface area contributed by atoms with Gasteiger partial charge in [-0.3, -0.25) is 0 Å². The van der Waals surface area contributed by atoms with Crippen molar-refractivity contribution in [3.05, 3.63) is 12.0 Å². The Hall–Kier alpha value is -1.04. The molecular weight excluding hydrogens is 251 g/mol. The molecule has 0 radical (unpaired) electrons. The van der Waals surface area contributed by atoms with Crippen molar-refractivity contribution >= 4 is 23.5 Å². The number of hydrogen-bond donors (Lipinski definition) is 2. The number of nitrogens with one attached hydrogen (secondary N) is 2. The van der Waals surface area contributed by atoms with Crippen molar-refractivity contribution in [2.75, 3.05) is 35.2 Å². The minimum atomic E-state index is -0.387. The van der Waals surface area contributed by atoms with E-state index in [0.29, 0.717) is 17.7 Å². The molecule has 2 N–H and O–H groups in total. The number of anilines is 2. The first-order chi connectivity index (χ1) is 8.79. The second-order valence-corrected chi connectivity index (χ2v) is 5.58. The first-order valence-corrected chi connectivity index (χ1v) is 7.53. The highest BCUT2D eigenvalue weighted by atomic mass is 32.2. The predicted octanol–water partition coefficient (Wildman–Crippen LogP) is 2.60. The Morgan fingerprint density at radius 3 is 2.89 bits per heavy atom. The lowest BCUT2D eigenvalue weighted by Gasteiger charge is -2.21. The lowest BCUT2D eigenvalue weighted by atomic mass is 10.0. The molecule has 2 rings (SSSR count). The summed E-state index contributed by atoms with van der Waals surface area (Å²) in [7, 11) is 0. The van der Waals surface area contributed by atoms with Gasteiger partial charge in [0.2, 0.25) is 5.95 Å². The molecule has 0 bridgehead atoms. The van der Waals surface area contributed by atoms with Crippen LogP contribution < -0.4 is 10.6 Å². The standard InChI is InChI=1S/C12H19FN4S/c1-2-14-12-16-8-10(13)11(17-12)15-7-9-3-5-18-6-4-9/h8-9H,2-7H2,1H3,(H2,14,15,16,17). The maximum Gasteiger partial charge on any atom is 0.224 e. The Morgan fingerprint density at radius 2 is 2.17 bits per heavy atom. The van der Waals surface area contributed by atoms with Gasteiger partial charge in [0.15, 0.2) is 11.6 Å². The molecular formula is C12H19FN4S. The maximum atomic E-state index is 13.5. The molecule has 1 saturated heterocycles. The van der Waals surface area contributed by atoms with E-state index in [4.69, 9.17) is 0 Å². The van der Waals surface area contributed by atoms with Crippen LogP contribution in [-0.4, -0.2) is 34.6 Å². The van der Waals surface area contributed by atoms with Crippen LogP contribution in [0.5, 0.6) is 0 Å². The van der Waals surface area contributed by atoms with Crippen molar-refractivity contribution in [1.29, 1.82) is 0 Å². The molecule has 1 fully saturated rings. The molecule has 1 aliphatic rings. The van der Waals surface area contributed by atoms with Crippen LogP contribution in [0.2, 0.25) is 0 Å². The molecule has 1 aliphatic heterocycles. The summed E-state index contributed by atoms with van der Waals surface area (Å²) in [5, 5.41) is 6.09. The van der Waals surface area contributed by atoms with E-state index in [9.17, 15) is 4.39 Å². The summed E-state index contributed by atoms with van der Waals surface area (Å²) in [6.07, 6.45) is 3.61. The van der Waals surface area contributed by atoms with Gasteiger partial charge in [-0.2, -0.15) is 16.7 Å². The van der Waals surface area contributed by atoms with Crippen LogP contribution >= 0.6 is 11.8 Å². The van der Waals surface area contributed by atoms with Crippen molar-refractivity contribution in [3.63, 3.8) is 0 Å². The average molecular weight is 270 g/mol. The third-order valence-electron chi connectivity index (χ3n) is 2.98. The van der Waals surface area contributed by atoms with E-state index in [-0.39, 0.29) is 5.82 Å². The zero-order valence-electron chi connectivity index (χ0n) is 10.6. The van der Waals surface area contributed by atoms with Crippen LogP contribution in [0.25, 0.3) is 0 Å². The van der Waals surface area contributed by atoms with E-state index in [1.807, 2.05) is 18.7 Å². The van der Waals surface area contributed by atoms with Gasteiger partial charge in [0, 0.05) is 13.1 Å². The van der Waals surface area contributed by atoms with E-state index >= 15 is 0 Å². The second-order valence-electron chi connectivity index (χ2n) is 4.36. The fraction of sp³-hybridized carbons (Fsp3) is 0.667.